The third-order valence-electron chi connectivity index (χ3n) is 5.18. The zero-order chi connectivity index (χ0) is 22.8. The van der Waals surface area contributed by atoms with Gasteiger partial charge in [0.05, 0.1) is 18.6 Å². The van der Waals surface area contributed by atoms with Crippen molar-refractivity contribution in [2.24, 2.45) is 0 Å². The first-order chi connectivity index (χ1) is 14.6. The van der Waals surface area contributed by atoms with E-state index in [1.54, 1.807) is 24.3 Å². The minimum absolute atomic E-state index is 0.0360. The van der Waals surface area contributed by atoms with Crippen LogP contribution in [-0.4, -0.2) is 57.4 Å². The number of Topliss-reactive ketones (excluding diaryl/α,β-unsaturated/α-hetero) is 1. The maximum absolute atomic E-state index is 13.2. The molecule has 1 saturated heterocycles. The number of ketones is 2. The molecule has 2 aliphatic heterocycles. The number of allylic oxidation sites excluding steroid dienone is 6. The number of carbonyl (C=O) groups is 3. The van der Waals surface area contributed by atoms with Gasteiger partial charge in [0.2, 0.25) is 29.1 Å². The molecule has 3 rings (SSSR count). The van der Waals surface area contributed by atoms with E-state index in [1.807, 2.05) is 25.2 Å². The lowest BCUT2D eigenvalue weighted by molar-refractivity contribution is -0.173. The molecule has 2 N–H and O–H groups in total. The zero-order valence-corrected chi connectivity index (χ0v) is 17.6. The van der Waals surface area contributed by atoms with E-state index in [4.69, 9.17) is 14.2 Å². The number of carbonyl (C=O) groups excluding carboxylic acids is 3. The molecule has 0 saturated carbocycles. The molecule has 0 unspecified atom stereocenters. The smallest absolute Gasteiger partial charge is 0.309 e. The van der Waals surface area contributed by atoms with Crippen LogP contribution in [0.25, 0.3) is 0 Å². The van der Waals surface area contributed by atoms with Crippen molar-refractivity contribution in [3.63, 3.8) is 0 Å². The fourth-order valence-corrected chi connectivity index (χ4v) is 3.56. The first kappa shape index (κ1) is 22.9. The number of ether oxygens (including phenoxy) is 3. The lowest BCUT2D eigenvalue weighted by atomic mass is 9.75. The Hall–Kier alpha value is -2.81. The predicted molar refractivity (Wildman–Crippen MR) is 109 cm³/mol. The average molecular weight is 430 g/mol. The Morgan fingerprint density at radius 3 is 2.61 bits per heavy atom. The van der Waals surface area contributed by atoms with E-state index in [0.717, 1.165) is 0 Å². The van der Waals surface area contributed by atoms with Gasteiger partial charge in [-0.25, -0.2) is 0 Å². The van der Waals surface area contributed by atoms with Gasteiger partial charge in [-0.3, -0.25) is 14.4 Å². The van der Waals surface area contributed by atoms with E-state index < -0.39 is 53.7 Å². The molecule has 0 amide bonds. The summed E-state index contributed by atoms with van der Waals surface area (Å²) in [5, 5.41) is 19.1. The van der Waals surface area contributed by atoms with Crippen molar-refractivity contribution in [3.05, 3.63) is 59.9 Å². The van der Waals surface area contributed by atoms with Crippen molar-refractivity contribution in [2.45, 2.75) is 63.3 Å². The van der Waals surface area contributed by atoms with Gasteiger partial charge >= 0.3 is 5.97 Å². The van der Waals surface area contributed by atoms with E-state index in [2.05, 4.69) is 0 Å². The summed E-state index contributed by atoms with van der Waals surface area (Å²) in [6.07, 6.45) is 10.2. The van der Waals surface area contributed by atoms with Crippen LogP contribution in [0.1, 0.15) is 33.6 Å². The number of epoxide rings is 1. The van der Waals surface area contributed by atoms with Crippen molar-refractivity contribution in [3.8, 4) is 0 Å². The third kappa shape index (κ3) is 4.46. The minimum atomic E-state index is -2.08. The maximum Gasteiger partial charge on any atom is 0.309 e. The van der Waals surface area contributed by atoms with Gasteiger partial charge in [0, 0.05) is 5.57 Å². The van der Waals surface area contributed by atoms with Gasteiger partial charge in [-0.1, -0.05) is 30.4 Å². The fourth-order valence-electron chi connectivity index (χ4n) is 3.56. The maximum atomic E-state index is 13.2. The number of hydrogen-bond donors (Lipinski definition) is 2. The van der Waals surface area contributed by atoms with Crippen molar-refractivity contribution < 1.29 is 38.8 Å². The molecular weight excluding hydrogens is 404 g/mol. The van der Waals surface area contributed by atoms with Gasteiger partial charge in [0.1, 0.15) is 5.76 Å². The van der Waals surface area contributed by atoms with Crippen LogP contribution in [0.2, 0.25) is 0 Å². The molecule has 2 heterocycles. The van der Waals surface area contributed by atoms with Gasteiger partial charge in [-0.05, 0) is 45.4 Å². The lowest BCUT2D eigenvalue weighted by Crippen LogP contribution is -2.57. The molecule has 5 atom stereocenters. The van der Waals surface area contributed by atoms with E-state index in [0.29, 0.717) is 11.3 Å². The highest BCUT2D eigenvalue weighted by molar-refractivity contribution is 6.23. The summed E-state index contributed by atoms with van der Waals surface area (Å²) >= 11 is 0. The lowest BCUT2D eigenvalue weighted by Gasteiger charge is -2.33. The van der Waals surface area contributed by atoms with Crippen LogP contribution < -0.4 is 0 Å². The molecule has 1 fully saturated rings. The zero-order valence-electron chi connectivity index (χ0n) is 17.6. The monoisotopic (exact) mass is 430 g/mol. The highest BCUT2D eigenvalue weighted by Crippen LogP contribution is 2.54. The van der Waals surface area contributed by atoms with Gasteiger partial charge in [-0.2, -0.15) is 0 Å². The molecule has 8 nitrogen and oxygen atoms in total. The Bertz CT molecular complexity index is 922. The number of aliphatic hydroxyl groups excluding tert-OH is 2. The van der Waals surface area contributed by atoms with Crippen molar-refractivity contribution in [2.75, 3.05) is 0 Å². The van der Waals surface area contributed by atoms with Crippen molar-refractivity contribution in [1.82, 2.24) is 0 Å². The molecule has 1 spiro atoms. The standard InChI is InChI=1S/C23H26O8/c1-4-5-6-7-8-9-17-11-15-12-18(26)22(3,20(28)23(15)21(29-17)31-23)30-19(27)13-16(25)10-14(2)24/h4-9,11-12,14,16,21,24-25H,10,13H2,1-3H3/b5-4+,7-6+,9-8+/t14-,16+,21+,22-,23-/m0/s1. The Morgan fingerprint density at radius 1 is 1.23 bits per heavy atom. The van der Waals surface area contributed by atoms with Crippen LogP contribution in [-0.2, 0) is 28.6 Å². The number of rotatable bonds is 8. The highest BCUT2D eigenvalue weighted by Gasteiger charge is 2.75. The van der Waals surface area contributed by atoms with Gasteiger partial charge < -0.3 is 24.4 Å². The summed E-state index contributed by atoms with van der Waals surface area (Å²) in [4.78, 5) is 38.2. The second kappa shape index (κ2) is 8.74. The molecule has 1 aliphatic carbocycles. The summed E-state index contributed by atoms with van der Waals surface area (Å²) in [5.74, 6) is -1.91. The first-order valence-corrected chi connectivity index (χ1v) is 10.0. The third-order valence-corrected chi connectivity index (χ3v) is 5.18. The highest BCUT2D eigenvalue weighted by atomic mass is 16.8. The quantitative estimate of drug-likeness (QED) is 0.258. The molecule has 3 aliphatic rings. The number of hydrogen-bond acceptors (Lipinski definition) is 8. The molecule has 0 radical (unpaired) electrons. The molecule has 0 aromatic rings. The SMILES string of the molecule is C/C=C/C=C/C=C/C1=CC2=CC(=O)[C@](C)(OC(=O)C[C@H](O)C[C@H](C)O)C(=O)[C@@]23O[C@H]3O1. The Kier molecular flexibility index (Phi) is 6.45. The van der Waals surface area contributed by atoms with Crippen LogP contribution >= 0.6 is 0 Å². The van der Waals surface area contributed by atoms with Crippen LogP contribution in [0.15, 0.2) is 59.9 Å². The summed E-state index contributed by atoms with van der Waals surface area (Å²) in [6, 6.07) is 0. The van der Waals surface area contributed by atoms with E-state index in [1.165, 1.54) is 19.9 Å². The summed E-state index contributed by atoms with van der Waals surface area (Å²) < 4.78 is 16.4. The van der Waals surface area contributed by atoms with Crippen LogP contribution in [0, 0.1) is 0 Å². The van der Waals surface area contributed by atoms with E-state index in [-0.39, 0.29) is 6.42 Å². The molecule has 0 aromatic heterocycles. The van der Waals surface area contributed by atoms with E-state index >= 15 is 0 Å². The van der Waals surface area contributed by atoms with E-state index in [9.17, 15) is 24.6 Å². The topological polar surface area (TPSA) is 123 Å². The Labute approximate surface area is 180 Å². The van der Waals surface area contributed by atoms with Crippen LogP contribution in [0.5, 0.6) is 0 Å². The normalized spacial score (nSPS) is 31.7. The molecule has 0 aromatic carbocycles. The predicted octanol–water partition coefficient (Wildman–Crippen LogP) is 1.59. The molecule has 0 bridgehead atoms. The molecule has 31 heavy (non-hydrogen) atoms. The summed E-state index contributed by atoms with van der Waals surface area (Å²) in [6.45, 7) is 4.58. The van der Waals surface area contributed by atoms with Crippen LogP contribution in [0.3, 0.4) is 0 Å². The van der Waals surface area contributed by atoms with Gasteiger partial charge in [0.25, 0.3) is 0 Å². The first-order valence-electron chi connectivity index (χ1n) is 10.0. The largest absolute Gasteiger partial charge is 0.461 e. The van der Waals surface area contributed by atoms with Crippen molar-refractivity contribution in [1.29, 1.82) is 0 Å². The Balaban J connectivity index is 1.77. The van der Waals surface area contributed by atoms with Gasteiger partial charge in [0.15, 0.2) is 0 Å². The second-order valence-corrected chi connectivity index (χ2v) is 7.86. The fraction of sp³-hybridized carbons (Fsp3) is 0.435. The summed E-state index contributed by atoms with van der Waals surface area (Å²) in [7, 11) is 0. The second-order valence-electron chi connectivity index (χ2n) is 7.86. The molecular formula is C23H26O8. The van der Waals surface area contributed by atoms with Gasteiger partial charge in [-0.15, -0.1) is 0 Å². The molecule has 166 valence electrons. The van der Waals surface area contributed by atoms with Crippen molar-refractivity contribution >= 4 is 17.5 Å². The number of aliphatic hydroxyl groups is 2. The minimum Gasteiger partial charge on any atom is -0.461 e. The Morgan fingerprint density at radius 2 is 1.94 bits per heavy atom. The van der Waals surface area contributed by atoms with Crippen LogP contribution in [0.4, 0.5) is 0 Å². The molecule has 8 heteroatoms. The average Bonchev–Trinajstić information content (AvgIpc) is 3.40. The summed E-state index contributed by atoms with van der Waals surface area (Å²) in [5.41, 5.74) is -3.22. The number of esters is 1.